The molecule has 0 spiro atoms. The zero-order chi connectivity index (χ0) is 33.1. The van der Waals surface area contributed by atoms with Gasteiger partial charge >= 0.3 is 11.9 Å². The number of halogens is 1. The van der Waals surface area contributed by atoms with Gasteiger partial charge < -0.3 is 36.5 Å². The van der Waals surface area contributed by atoms with E-state index in [4.69, 9.17) is 27.3 Å². The minimum absolute atomic E-state index is 0.0121. The smallest absolute Gasteiger partial charge is 0.352 e. The summed E-state index contributed by atoms with van der Waals surface area (Å²) in [4.78, 5) is 60.1. The van der Waals surface area contributed by atoms with Gasteiger partial charge in [0.1, 0.15) is 33.0 Å². The molecule has 1 saturated heterocycles. The van der Waals surface area contributed by atoms with Crippen LogP contribution in [0.4, 0.5) is 16.6 Å². The van der Waals surface area contributed by atoms with Gasteiger partial charge in [-0.1, -0.05) is 28.1 Å². The van der Waals surface area contributed by atoms with Crippen LogP contribution in [0.15, 0.2) is 53.2 Å². The van der Waals surface area contributed by atoms with Crippen molar-refractivity contribution in [2.45, 2.75) is 37.5 Å². The molecule has 1 unspecified atom stereocenters. The lowest BCUT2D eigenvalue weighted by molar-refractivity contribution is -0.688. The van der Waals surface area contributed by atoms with E-state index >= 15 is 0 Å². The van der Waals surface area contributed by atoms with Crippen LogP contribution < -0.4 is 20.9 Å². The molecular weight excluding hydrogens is 666 g/mol. The van der Waals surface area contributed by atoms with Crippen LogP contribution in [0, 0.1) is 0 Å². The highest BCUT2D eigenvalue weighted by atomic mass is 35.5. The number of aliphatic hydroxyl groups excluding tert-OH is 1. The number of aromatic nitrogens is 4. The number of fused-ring (bicyclic) bond motifs is 1. The SMILES string of the molecule is C[C@H](O/N=C(\C(=O)N[C@@H]1C(=O)N2C(C(=O)O)=C(C[n+]3ccc(Nc4ccnn4CCO)cc3)CSC12)c1nc(N)sc1Cl)C(=O)O. The number of pyridine rings is 1. The number of nitrogen functional groups attached to an aromatic ring is 1. The summed E-state index contributed by atoms with van der Waals surface area (Å²) in [6, 6.07) is 4.22. The van der Waals surface area contributed by atoms with Gasteiger partial charge in [0.15, 0.2) is 29.8 Å². The standard InChI is InChI=1S/C26H26ClN9O8S2/c1-12(24(40)41)44-33-17(16-20(27)46-26(28)32-16)21(38)31-18-22(39)36-19(25(42)43)13(11-45-23(18)36)10-34-6-3-14(4-7-34)30-15-2-5-29-35(15)8-9-37/h2-7,12,18,23,37H,8-11H2,1H3,(H5,28,31,32,38,40,41,42,43)/p+1/b33-17-/t12-,18+,23?/m0/s1. The Morgan fingerprint density at radius 3 is 2.65 bits per heavy atom. The first-order valence-electron chi connectivity index (χ1n) is 13.5. The summed E-state index contributed by atoms with van der Waals surface area (Å²) in [7, 11) is 0. The van der Waals surface area contributed by atoms with Crippen molar-refractivity contribution >= 4 is 80.8 Å². The topological polar surface area (TPSA) is 238 Å². The van der Waals surface area contributed by atoms with Gasteiger partial charge in [-0.15, -0.1) is 11.8 Å². The fourth-order valence-electron chi connectivity index (χ4n) is 4.57. The van der Waals surface area contributed by atoms with Crippen molar-refractivity contribution in [2.24, 2.45) is 5.16 Å². The lowest BCUT2D eigenvalue weighted by atomic mass is 10.0. The van der Waals surface area contributed by atoms with Crippen molar-refractivity contribution in [2.75, 3.05) is 23.4 Å². The lowest BCUT2D eigenvalue weighted by Crippen LogP contribution is -2.71. The van der Waals surface area contributed by atoms with E-state index in [2.05, 4.69) is 25.9 Å². The number of hydrogen-bond donors (Lipinski definition) is 6. The highest BCUT2D eigenvalue weighted by molar-refractivity contribution is 8.00. The Hall–Kier alpha value is -4.72. The van der Waals surface area contributed by atoms with Gasteiger partial charge in [-0.2, -0.15) is 5.10 Å². The molecule has 2 aliphatic rings. The number of nitrogens with zero attached hydrogens (tertiary/aromatic N) is 6. The molecule has 0 radical (unpaired) electrons. The van der Waals surface area contributed by atoms with Crippen molar-refractivity contribution in [1.82, 2.24) is 25.0 Å². The molecule has 17 nitrogen and oxygen atoms in total. The van der Waals surface area contributed by atoms with Crippen LogP contribution in [0.1, 0.15) is 12.6 Å². The first-order valence-corrected chi connectivity index (χ1v) is 15.7. The van der Waals surface area contributed by atoms with Crippen molar-refractivity contribution in [3.63, 3.8) is 0 Å². The van der Waals surface area contributed by atoms with Gasteiger partial charge in [0.2, 0.25) is 6.10 Å². The Kier molecular flexibility index (Phi) is 9.75. The van der Waals surface area contributed by atoms with E-state index in [9.17, 15) is 29.4 Å². The molecule has 0 aliphatic carbocycles. The zero-order valence-electron chi connectivity index (χ0n) is 23.9. The van der Waals surface area contributed by atoms with Crippen molar-refractivity contribution in [3.8, 4) is 0 Å². The number of aliphatic carboxylic acids is 2. The zero-order valence-corrected chi connectivity index (χ0v) is 26.3. The van der Waals surface area contributed by atoms with Crippen LogP contribution in [0.3, 0.4) is 0 Å². The summed E-state index contributed by atoms with van der Waals surface area (Å²) < 4.78 is 3.37. The van der Waals surface area contributed by atoms with Gasteiger partial charge in [0, 0.05) is 29.5 Å². The molecule has 2 amide bonds. The van der Waals surface area contributed by atoms with Crippen LogP contribution in [-0.2, 0) is 37.1 Å². The molecule has 2 aliphatic heterocycles. The van der Waals surface area contributed by atoms with Crippen LogP contribution in [0.5, 0.6) is 0 Å². The monoisotopic (exact) mass is 692 g/mol. The molecule has 242 valence electrons. The predicted octanol–water partition coefficient (Wildman–Crippen LogP) is 0.231. The second-order valence-electron chi connectivity index (χ2n) is 9.87. The van der Waals surface area contributed by atoms with Gasteiger partial charge in [-0.25, -0.2) is 23.8 Å². The molecule has 5 rings (SSSR count). The predicted molar refractivity (Wildman–Crippen MR) is 165 cm³/mol. The quantitative estimate of drug-likeness (QED) is 0.0610. The molecule has 3 atom stereocenters. The molecule has 46 heavy (non-hydrogen) atoms. The van der Waals surface area contributed by atoms with E-state index in [1.807, 2.05) is 0 Å². The molecule has 0 aromatic carbocycles. The molecule has 0 bridgehead atoms. The number of hydrogen-bond acceptors (Lipinski definition) is 13. The summed E-state index contributed by atoms with van der Waals surface area (Å²) in [5.41, 5.74) is 6.08. The molecule has 0 saturated carbocycles. The Labute approximate surface area is 273 Å². The summed E-state index contributed by atoms with van der Waals surface area (Å²) >= 11 is 8.28. The third kappa shape index (κ3) is 6.76. The van der Waals surface area contributed by atoms with Crippen LogP contribution in [-0.4, -0.2) is 94.3 Å². The maximum absolute atomic E-state index is 13.3. The number of thiazole rings is 1. The second kappa shape index (κ2) is 13.7. The summed E-state index contributed by atoms with van der Waals surface area (Å²) in [5.74, 6) is -3.30. The average molecular weight is 693 g/mol. The number of nitrogens with one attached hydrogen (secondary N) is 2. The van der Waals surface area contributed by atoms with Gasteiger partial charge in [0.25, 0.3) is 11.8 Å². The highest BCUT2D eigenvalue weighted by Gasteiger charge is 2.55. The van der Waals surface area contributed by atoms with Gasteiger partial charge in [0.05, 0.1) is 25.0 Å². The first kappa shape index (κ1) is 32.7. The van der Waals surface area contributed by atoms with Crippen LogP contribution >= 0.6 is 34.7 Å². The fourth-order valence-corrected chi connectivity index (χ4v) is 6.84. The number of oxime groups is 1. The van der Waals surface area contributed by atoms with Crippen LogP contribution in [0.25, 0.3) is 0 Å². The number of thioether (sulfide) groups is 1. The maximum atomic E-state index is 13.3. The van der Waals surface area contributed by atoms with Crippen molar-refractivity contribution in [3.05, 3.63) is 58.1 Å². The largest absolute Gasteiger partial charge is 0.478 e. The van der Waals surface area contributed by atoms with Gasteiger partial charge in [-0.3, -0.25) is 14.5 Å². The number of carbonyl (C=O) groups excluding carboxylic acids is 2. The number of anilines is 3. The summed E-state index contributed by atoms with van der Waals surface area (Å²) in [6.45, 7) is 1.65. The number of carboxylic acid groups (broad SMARTS) is 2. The molecule has 3 aromatic heterocycles. The number of amides is 2. The van der Waals surface area contributed by atoms with Crippen LogP contribution in [0.2, 0.25) is 4.34 Å². The van der Waals surface area contributed by atoms with E-state index in [0.717, 1.165) is 21.9 Å². The number of nitrogens with two attached hydrogens (primary N) is 1. The van der Waals surface area contributed by atoms with Gasteiger partial charge in [-0.05, 0) is 6.92 Å². The maximum Gasteiger partial charge on any atom is 0.352 e. The molecular formula is C26H27ClN9O8S2+. The number of carbonyl (C=O) groups is 4. The second-order valence-corrected chi connectivity index (χ2v) is 12.6. The Morgan fingerprint density at radius 2 is 2.02 bits per heavy atom. The Bertz CT molecular complexity index is 1740. The van der Waals surface area contributed by atoms with Crippen molar-refractivity contribution in [1.29, 1.82) is 0 Å². The summed E-state index contributed by atoms with van der Waals surface area (Å²) in [6.07, 6.45) is 3.70. The Morgan fingerprint density at radius 1 is 1.28 bits per heavy atom. The van der Waals surface area contributed by atoms with Crippen molar-refractivity contribution < 1.29 is 43.9 Å². The number of carboxylic acids is 2. The van der Waals surface area contributed by atoms with E-state index in [1.54, 1.807) is 46.0 Å². The van der Waals surface area contributed by atoms with E-state index in [1.165, 1.54) is 18.7 Å². The molecule has 5 heterocycles. The molecule has 3 aromatic rings. The minimum Gasteiger partial charge on any atom is -0.478 e. The molecule has 1 fully saturated rings. The molecule has 20 heteroatoms. The third-order valence-corrected chi connectivity index (χ3v) is 9.22. The van der Waals surface area contributed by atoms with E-state index in [0.29, 0.717) is 17.9 Å². The highest BCUT2D eigenvalue weighted by Crippen LogP contribution is 2.40. The first-order chi connectivity index (χ1) is 22.0. The Balaban J connectivity index is 1.30. The average Bonchev–Trinajstić information content (AvgIpc) is 3.60. The normalized spacial score (nSPS) is 18.5. The number of rotatable bonds is 13. The fraction of sp³-hybridized carbons (Fsp3) is 0.308. The summed E-state index contributed by atoms with van der Waals surface area (Å²) in [5, 5.41) is 41.2. The lowest BCUT2D eigenvalue weighted by Gasteiger charge is -2.49. The number of β-lactam (4-membered cyclic amide) rings is 1. The number of aliphatic hydroxyl groups is 1. The third-order valence-electron chi connectivity index (χ3n) is 6.79. The molecule has 7 N–H and O–H groups in total. The van der Waals surface area contributed by atoms with E-state index in [-0.39, 0.29) is 39.8 Å². The van der Waals surface area contributed by atoms with E-state index < -0.39 is 47.0 Å². The minimum atomic E-state index is -1.42.